The quantitative estimate of drug-likeness (QED) is 0.913. The molecule has 7 heteroatoms. The van der Waals surface area contributed by atoms with Gasteiger partial charge in [-0.05, 0) is 43.6 Å². The predicted molar refractivity (Wildman–Crippen MR) is 77.6 cm³/mol. The molecule has 4 nitrogen and oxygen atoms in total. The van der Waals surface area contributed by atoms with Crippen LogP contribution in [-0.2, 0) is 9.84 Å². The molecule has 1 aliphatic rings. The van der Waals surface area contributed by atoms with E-state index in [1.165, 1.54) is 12.1 Å². The van der Waals surface area contributed by atoms with Gasteiger partial charge in [0.2, 0.25) is 0 Å². The summed E-state index contributed by atoms with van der Waals surface area (Å²) in [7, 11) is -2.93. The topological polar surface area (TPSA) is 63.4 Å². The lowest BCUT2D eigenvalue weighted by atomic mass is 10.0. The summed E-state index contributed by atoms with van der Waals surface area (Å²) in [5, 5.41) is 0. The van der Waals surface area contributed by atoms with E-state index in [2.05, 4.69) is 0 Å². The smallest absolute Gasteiger partial charge is 0.151 e. The molecule has 0 saturated carbocycles. The van der Waals surface area contributed by atoms with Crippen molar-refractivity contribution in [2.75, 3.05) is 31.1 Å². The lowest BCUT2D eigenvalue weighted by Gasteiger charge is -2.21. The van der Waals surface area contributed by atoms with Crippen molar-refractivity contribution >= 4 is 9.84 Å². The van der Waals surface area contributed by atoms with Gasteiger partial charge in [0.15, 0.2) is 9.84 Å². The van der Waals surface area contributed by atoms with Crippen LogP contribution in [0.3, 0.4) is 0 Å². The first-order valence-electron chi connectivity index (χ1n) is 7.00. The van der Waals surface area contributed by atoms with Gasteiger partial charge in [0.05, 0.1) is 11.5 Å². The van der Waals surface area contributed by atoms with Gasteiger partial charge in [-0.1, -0.05) is 0 Å². The Kier molecular flexibility index (Phi) is 5.29. The van der Waals surface area contributed by atoms with E-state index in [1.807, 2.05) is 4.90 Å². The first kappa shape index (κ1) is 16.3. The fraction of sp³-hybridized carbons (Fsp3) is 0.571. The maximum Gasteiger partial charge on any atom is 0.151 e. The number of hydrogen-bond donors (Lipinski definition) is 1. The van der Waals surface area contributed by atoms with Crippen LogP contribution in [0, 0.1) is 11.6 Å². The van der Waals surface area contributed by atoms with Gasteiger partial charge >= 0.3 is 0 Å². The average molecular weight is 318 g/mol. The maximum atomic E-state index is 13.1. The highest BCUT2D eigenvalue weighted by atomic mass is 32.2. The first-order chi connectivity index (χ1) is 9.85. The minimum Gasteiger partial charge on any atom is -0.324 e. The largest absolute Gasteiger partial charge is 0.324 e. The third-order valence-electron chi connectivity index (χ3n) is 3.72. The molecular formula is C14H20F2N2O2S. The van der Waals surface area contributed by atoms with Crippen molar-refractivity contribution in [1.29, 1.82) is 0 Å². The summed E-state index contributed by atoms with van der Waals surface area (Å²) in [6.07, 6.45) is 1.15. The number of halogens is 2. The lowest BCUT2D eigenvalue weighted by Crippen LogP contribution is -2.30. The van der Waals surface area contributed by atoms with Crippen LogP contribution in [0.25, 0.3) is 0 Å². The second-order valence-electron chi connectivity index (χ2n) is 5.44. The fourth-order valence-corrected chi connectivity index (χ4v) is 3.80. The van der Waals surface area contributed by atoms with Crippen molar-refractivity contribution in [3.8, 4) is 0 Å². The van der Waals surface area contributed by atoms with Crippen molar-refractivity contribution in [3.63, 3.8) is 0 Å². The number of hydrogen-bond acceptors (Lipinski definition) is 4. The molecule has 118 valence electrons. The molecule has 21 heavy (non-hydrogen) atoms. The summed E-state index contributed by atoms with van der Waals surface area (Å²) < 4.78 is 49.3. The van der Waals surface area contributed by atoms with Gasteiger partial charge < -0.3 is 10.6 Å². The molecule has 0 bridgehead atoms. The molecule has 1 aromatic carbocycles. The second kappa shape index (κ2) is 6.81. The van der Waals surface area contributed by atoms with Gasteiger partial charge in [-0.15, -0.1) is 0 Å². The normalized spacial score (nSPS) is 20.9. The van der Waals surface area contributed by atoms with E-state index in [1.54, 1.807) is 0 Å². The standard InChI is InChI=1S/C14H20F2N2O2S/c15-12-8-11(9-13(16)10-12)14(17)2-4-18-3-1-6-21(19,20)7-5-18/h8-10,14H,1-7,17H2. The molecule has 0 aliphatic carbocycles. The van der Waals surface area contributed by atoms with Crippen LogP contribution in [0.2, 0.25) is 0 Å². The molecule has 2 N–H and O–H groups in total. The average Bonchev–Trinajstić information content (AvgIpc) is 2.56. The van der Waals surface area contributed by atoms with Crippen LogP contribution in [0.15, 0.2) is 18.2 Å². The molecule has 0 spiro atoms. The SMILES string of the molecule is NC(CCN1CCCS(=O)(=O)CC1)c1cc(F)cc(F)c1. The van der Waals surface area contributed by atoms with Crippen LogP contribution >= 0.6 is 0 Å². The van der Waals surface area contributed by atoms with Crippen molar-refractivity contribution in [2.24, 2.45) is 5.73 Å². The van der Waals surface area contributed by atoms with Crippen LogP contribution < -0.4 is 5.73 Å². The molecule has 1 atom stereocenters. The Bertz CT molecular complexity index is 572. The zero-order valence-corrected chi connectivity index (χ0v) is 12.6. The third-order valence-corrected chi connectivity index (χ3v) is 5.43. The van der Waals surface area contributed by atoms with Crippen molar-refractivity contribution in [3.05, 3.63) is 35.4 Å². The first-order valence-corrected chi connectivity index (χ1v) is 8.82. The van der Waals surface area contributed by atoms with Crippen LogP contribution in [0.4, 0.5) is 8.78 Å². The molecule has 1 aliphatic heterocycles. The summed E-state index contributed by atoms with van der Waals surface area (Å²) in [6, 6.07) is 2.83. The Hall–Kier alpha value is -1.05. The monoisotopic (exact) mass is 318 g/mol. The van der Waals surface area contributed by atoms with Crippen molar-refractivity contribution in [2.45, 2.75) is 18.9 Å². The molecule has 1 fully saturated rings. The van der Waals surface area contributed by atoms with Crippen LogP contribution in [0.1, 0.15) is 24.4 Å². The molecule has 0 aromatic heterocycles. The Morgan fingerprint density at radius 3 is 2.48 bits per heavy atom. The van der Waals surface area contributed by atoms with Gasteiger partial charge in [0.1, 0.15) is 11.6 Å². The van der Waals surface area contributed by atoms with Gasteiger partial charge in [-0.3, -0.25) is 0 Å². The highest BCUT2D eigenvalue weighted by molar-refractivity contribution is 7.91. The summed E-state index contributed by atoms with van der Waals surface area (Å²) >= 11 is 0. The van der Waals surface area contributed by atoms with E-state index in [-0.39, 0.29) is 11.5 Å². The van der Waals surface area contributed by atoms with E-state index >= 15 is 0 Å². The number of benzene rings is 1. The molecule has 1 unspecified atom stereocenters. The van der Waals surface area contributed by atoms with E-state index in [4.69, 9.17) is 5.73 Å². The summed E-state index contributed by atoms with van der Waals surface area (Å²) in [5.74, 6) is -0.885. The van der Waals surface area contributed by atoms with E-state index in [9.17, 15) is 17.2 Å². The zero-order chi connectivity index (χ0) is 15.5. The highest BCUT2D eigenvalue weighted by Crippen LogP contribution is 2.18. The van der Waals surface area contributed by atoms with E-state index < -0.39 is 27.5 Å². The van der Waals surface area contributed by atoms with Crippen molar-refractivity contribution in [1.82, 2.24) is 4.90 Å². The number of rotatable bonds is 4. The molecule has 2 rings (SSSR count). The van der Waals surface area contributed by atoms with Gasteiger partial charge in [0, 0.05) is 18.7 Å². The predicted octanol–water partition coefficient (Wildman–Crippen LogP) is 1.48. The Labute approximate surface area is 123 Å². The summed E-state index contributed by atoms with van der Waals surface area (Å²) in [6.45, 7) is 1.82. The van der Waals surface area contributed by atoms with E-state index in [0.717, 1.165) is 6.07 Å². The molecule has 0 radical (unpaired) electrons. The van der Waals surface area contributed by atoms with Crippen LogP contribution in [-0.4, -0.2) is 44.5 Å². The number of nitrogens with two attached hydrogens (primary N) is 1. The van der Waals surface area contributed by atoms with Crippen molar-refractivity contribution < 1.29 is 17.2 Å². The highest BCUT2D eigenvalue weighted by Gasteiger charge is 2.19. The Morgan fingerprint density at radius 2 is 1.81 bits per heavy atom. The Balaban J connectivity index is 1.90. The van der Waals surface area contributed by atoms with Gasteiger partial charge in [-0.2, -0.15) is 0 Å². The van der Waals surface area contributed by atoms with Gasteiger partial charge in [-0.25, -0.2) is 17.2 Å². The maximum absolute atomic E-state index is 13.1. The lowest BCUT2D eigenvalue weighted by molar-refractivity contribution is 0.283. The molecule has 1 saturated heterocycles. The van der Waals surface area contributed by atoms with E-state index in [0.29, 0.717) is 38.0 Å². The zero-order valence-electron chi connectivity index (χ0n) is 11.8. The number of sulfone groups is 1. The molecule has 1 heterocycles. The van der Waals surface area contributed by atoms with Gasteiger partial charge in [0.25, 0.3) is 0 Å². The minimum absolute atomic E-state index is 0.164. The molecule has 0 amide bonds. The molecular weight excluding hydrogens is 298 g/mol. The second-order valence-corrected chi connectivity index (χ2v) is 7.75. The summed E-state index contributed by atoms with van der Waals surface area (Å²) in [5.41, 5.74) is 6.39. The molecule has 1 aromatic rings. The number of nitrogens with zero attached hydrogens (tertiary/aromatic N) is 1. The fourth-order valence-electron chi connectivity index (χ4n) is 2.49. The van der Waals surface area contributed by atoms with Crippen LogP contribution in [0.5, 0.6) is 0 Å². The minimum atomic E-state index is -2.93. The summed E-state index contributed by atoms with van der Waals surface area (Å²) in [4.78, 5) is 2.04. The Morgan fingerprint density at radius 1 is 1.14 bits per heavy atom. The third kappa shape index (κ3) is 5.01.